The SMILES string of the molecule is CNCc1ccc(C(=N)/C=N\N)cc1. The van der Waals surface area contributed by atoms with E-state index in [2.05, 4.69) is 10.4 Å². The van der Waals surface area contributed by atoms with E-state index >= 15 is 0 Å². The Morgan fingerprint density at radius 2 is 2.14 bits per heavy atom. The summed E-state index contributed by atoms with van der Waals surface area (Å²) in [5, 5.41) is 13.9. The number of nitrogens with one attached hydrogen (secondary N) is 2. The summed E-state index contributed by atoms with van der Waals surface area (Å²) in [6.45, 7) is 0.832. The normalized spacial score (nSPS) is 10.6. The highest BCUT2D eigenvalue weighted by Gasteiger charge is 1.97. The Balaban J connectivity index is 2.77. The molecule has 0 saturated heterocycles. The first kappa shape index (κ1) is 10.4. The van der Waals surface area contributed by atoms with Gasteiger partial charge in [0.25, 0.3) is 0 Å². The lowest BCUT2D eigenvalue weighted by Gasteiger charge is -2.01. The topological polar surface area (TPSA) is 74.3 Å². The van der Waals surface area contributed by atoms with Crippen molar-refractivity contribution in [3.05, 3.63) is 35.4 Å². The number of benzene rings is 1. The van der Waals surface area contributed by atoms with E-state index in [1.807, 2.05) is 31.3 Å². The summed E-state index contributed by atoms with van der Waals surface area (Å²) < 4.78 is 0. The van der Waals surface area contributed by atoms with Gasteiger partial charge < -0.3 is 11.2 Å². The molecule has 0 unspecified atom stereocenters. The Morgan fingerprint density at radius 3 is 2.64 bits per heavy atom. The van der Waals surface area contributed by atoms with Gasteiger partial charge in [-0.1, -0.05) is 24.3 Å². The highest BCUT2D eigenvalue weighted by Crippen LogP contribution is 2.04. The number of hydrazone groups is 1. The van der Waals surface area contributed by atoms with Crippen LogP contribution in [0.2, 0.25) is 0 Å². The molecule has 74 valence electrons. The van der Waals surface area contributed by atoms with Crippen molar-refractivity contribution in [2.24, 2.45) is 10.9 Å². The summed E-state index contributed by atoms with van der Waals surface area (Å²) >= 11 is 0. The van der Waals surface area contributed by atoms with Crippen LogP contribution in [0.25, 0.3) is 0 Å². The van der Waals surface area contributed by atoms with E-state index in [4.69, 9.17) is 11.3 Å². The molecule has 1 aromatic rings. The van der Waals surface area contributed by atoms with Crippen LogP contribution in [0.5, 0.6) is 0 Å². The zero-order chi connectivity index (χ0) is 10.4. The van der Waals surface area contributed by atoms with Crippen LogP contribution >= 0.6 is 0 Å². The van der Waals surface area contributed by atoms with Crippen molar-refractivity contribution in [1.82, 2.24) is 5.32 Å². The van der Waals surface area contributed by atoms with Crippen LogP contribution in [-0.4, -0.2) is 19.0 Å². The van der Waals surface area contributed by atoms with E-state index in [-0.39, 0.29) is 0 Å². The van der Waals surface area contributed by atoms with Gasteiger partial charge in [-0.15, -0.1) is 0 Å². The number of rotatable bonds is 4. The van der Waals surface area contributed by atoms with Gasteiger partial charge in [-0.05, 0) is 12.6 Å². The first-order chi connectivity index (χ1) is 6.77. The first-order valence-electron chi connectivity index (χ1n) is 4.33. The maximum atomic E-state index is 7.56. The molecule has 0 heterocycles. The third-order valence-corrected chi connectivity index (χ3v) is 1.85. The van der Waals surface area contributed by atoms with Gasteiger partial charge in [-0.25, -0.2) is 0 Å². The highest BCUT2D eigenvalue weighted by molar-refractivity contribution is 6.36. The molecule has 0 aliphatic heterocycles. The van der Waals surface area contributed by atoms with Crippen LogP contribution in [0.15, 0.2) is 29.4 Å². The lowest BCUT2D eigenvalue weighted by atomic mass is 10.1. The quantitative estimate of drug-likeness (QED) is 0.372. The monoisotopic (exact) mass is 190 g/mol. The Bertz CT molecular complexity index is 326. The van der Waals surface area contributed by atoms with E-state index in [0.29, 0.717) is 5.71 Å². The predicted octanol–water partition coefficient (Wildman–Crippen LogP) is 0.718. The lowest BCUT2D eigenvalue weighted by Crippen LogP contribution is -2.06. The van der Waals surface area contributed by atoms with Crippen LogP contribution in [-0.2, 0) is 6.54 Å². The molecule has 0 aliphatic rings. The third-order valence-electron chi connectivity index (χ3n) is 1.85. The number of hydrogen-bond donors (Lipinski definition) is 3. The van der Waals surface area contributed by atoms with Gasteiger partial charge in [-0.3, -0.25) is 5.41 Å². The molecule has 0 aromatic heterocycles. The molecule has 4 heteroatoms. The fourth-order valence-electron chi connectivity index (χ4n) is 1.16. The molecule has 1 rings (SSSR count). The molecule has 4 N–H and O–H groups in total. The first-order valence-corrected chi connectivity index (χ1v) is 4.33. The maximum Gasteiger partial charge on any atom is 0.0812 e. The standard InChI is InChI=1S/C10H14N4/c1-13-6-8-2-4-9(5-3-8)10(11)7-14-12/h2-5,7,11,13H,6,12H2,1H3/b11-10?,14-7-. The van der Waals surface area contributed by atoms with Gasteiger partial charge in [0.05, 0.1) is 11.9 Å². The average molecular weight is 190 g/mol. The molecule has 14 heavy (non-hydrogen) atoms. The van der Waals surface area contributed by atoms with Crippen molar-refractivity contribution in [1.29, 1.82) is 5.41 Å². The second-order valence-corrected chi connectivity index (χ2v) is 2.92. The van der Waals surface area contributed by atoms with E-state index in [9.17, 15) is 0 Å². The fraction of sp³-hybridized carbons (Fsp3) is 0.200. The molecule has 0 bridgehead atoms. The second-order valence-electron chi connectivity index (χ2n) is 2.92. The molecule has 0 fully saturated rings. The van der Waals surface area contributed by atoms with E-state index in [1.165, 1.54) is 11.8 Å². The van der Waals surface area contributed by atoms with Crippen molar-refractivity contribution in [3.8, 4) is 0 Å². The minimum absolute atomic E-state index is 0.323. The molecule has 0 amide bonds. The third kappa shape index (κ3) is 2.67. The average Bonchev–Trinajstić information content (AvgIpc) is 2.20. The van der Waals surface area contributed by atoms with Gasteiger partial charge >= 0.3 is 0 Å². The van der Waals surface area contributed by atoms with E-state index in [0.717, 1.165) is 12.1 Å². The molecule has 0 radical (unpaired) electrons. The number of nitrogens with two attached hydrogens (primary N) is 1. The van der Waals surface area contributed by atoms with Crippen molar-refractivity contribution < 1.29 is 0 Å². The van der Waals surface area contributed by atoms with Gasteiger partial charge in [-0.2, -0.15) is 5.10 Å². The molecule has 4 nitrogen and oxygen atoms in total. The summed E-state index contributed by atoms with van der Waals surface area (Å²) in [6.07, 6.45) is 1.33. The molecule has 0 saturated carbocycles. The molecule has 0 spiro atoms. The summed E-state index contributed by atoms with van der Waals surface area (Å²) in [6, 6.07) is 7.73. The summed E-state index contributed by atoms with van der Waals surface area (Å²) in [5.41, 5.74) is 2.33. The number of hydrogen-bond acceptors (Lipinski definition) is 4. The lowest BCUT2D eigenvalue weighted by molar-refractivity contribution is 0.818. The minimum atomic E-state index is 0.323. The van der Waals surface area contributed by atoms with Crippen molar-refractivity contribution >= 4 is 11.9 Å². The van der Waals surface area contributed by atoms with Crippen molar-refractivity contribution in [2.75, 3.05) is 7.05 Å². The second kappa shape index (κ2) is 5.14. The van der Waals surface area contributed by atoms with Crippen LogP contribution in [0.4, 0.5) is 0 Å². The Hall–Kier alpha value is -1.68. The summed E-state index contributed by atoms with van der Waals surface area (Å²) in [7, 11) is 1.90. The summed E-state index contributed by atoms with van der Waals surface area (Å²) in [4.78, 5) is 0. The maximum absolute atomic E-state index is 7.56. The van der Waals surface area contributed by atoms with E-state index in [1.54, 1.807) is 0 Å². The van der Waals surface area contributed by atoms with Crippen LogP contribution < -0.4 is 11.2 Å². The smallest absolute Gasteiger partial charge is 0.0812 e. The van der Waals surface area contributed by atoms with E-state index < -0.39 is 0 Å². The number of nitrogens with zero attached hydrogens (tertiary/aromatic N) is 1. The van der Waals surface area contributed by atoms with Gasteiger partial charge in [0, 0.05) is 12.1 Å². The predicted molar refractivity (Wildman–Crippen MR) is 58.7 cm³/mol. The Morgan fingerprint density at radius 1 is 1.50 bits per heavy atom. The highest BCUT2D eigenvalue weighted by atomic mass is 15.1. The van der Waals surface area contributed by atoms with Gasteiger partial charge in [0.2, 0.25) is 0 Å². The largest absolute Gasteiger partial charge is 0.323 e. The summed E-state index contributed by atoms with van der Waals surface area (Å²) in [5.74, 6) is 4.96. The Kier molecular flexibility index (Phi) is 3.82. The Labute approximate surface area is 83.3 Å². The van der Waals surface area contributed by atoms with Gasteiger partial charge in [0.1, 0.15) is 0 Å². The molecule has 0 atom stereocenters. The van der Waals surface area contributed by atoms with Crippen molar-refractivity contribution in [3.63, 3.8) is 0 Å². The minimum Gasteiger partial charge on any atom is -0.323 e. The zero-order valence-electron chi connectivity index (χ0n) is 8.12. The fourth-order valence-corrected chi connectivity index (χ4v) is 1.16. The van der Waals surface area contributed by atoms with Crippen molar-refractivity contribution in [2.45, 2.75) is 6.54 Å². The van der Waals surface area contributed by atoms with Crippen LogP contribution in [0.3, 0.4) is 0 Å². The zero-order valence-corrected chi connectivity index (χ0v) is 8.12. The van der Waals surface area contributed by atoms with Crippen LogP contribution in [0.1, 0.15) is 11.1 Å². The molecular formula is C10H14N4. The molecule has 1 aromatic carbocycles. The van der Waals surface area contributed by atoms with Gasteiger partial charge in [0.15, 0.2) is 0 Å². The molecular weight excluding hydrogens is 176 g/mol. The van der Waals surface area contributed by atoms with Crippen LogP contribution in [0, 0.1) is 5.41 Å². The molecule has 0 aliphatic carbocycles.